The van der Waals surface area contributed by atoms with Gasteiger partial charge in [0.25, 0.3) is 11.8 Å². The number of nitriles is 1. The molecule has 0 saturated heterocycles. The highest BCUT2D eigenvalue weighted by Gasteiger charge is 2.24. The summed E-state index contributed by atoms with van der Waals surface area (Å²) in [4.78, 5) is 14.2. The molecule has 0 fully saturated rings. The summed E-state index contributed by atoms with van der Waals surface area (Å²) in [7, 11) is 0. The van der Waals surface area contributed by atoms with Gasteiger partial charge in [0.2, 0.25) is 5.82 Å². The van der Waals surface area contributed by atoms with Gasteiger partial charge in [0.15, 0.2) is 17.3 Å². The first-order valence-corrected chi connectivity index (χ1v) is 11.8. The van der Waals surface area contributed by atoms with Crippen molar-refractivity contribution in [2.45, 2.75) is 30.9 Å². The number of hydrogen-bond donors (Lipinski definition) is 1. The van der Waals surface area contributed by atoms with Crippen molar-refractivity contribution >= 4 is 17.7 Å². The average Bonchev–Trinajstić information content (AvgIpc) is 2.89. The van der Waals surface area contributed by atoms with E-state index in [2.05, 4.69) is 4.98 Å². The van der Waals surface area contributed by atoms with Gasteiger partial charge in [-0.2, -0.15) is 19.0 Å². The van der Waals surface area contributed by atoms with Gasteiger partial charge in [0.05, 0.1) is 23.1 Å². The molecule has 0 spiro atoms. The summed E-state index contributed by atoms with van der Waals surface area (Å²) >= 11 is 0.614. The number of thioether (sulfide) groups is 1. The Hall–Kier alpha value is -3.75. The lowest BCUT2D eigenvalue weighted by Gasteiger charge is -2.15. The van der Waals surface area contributed by atoms with E-state index in [1.165, 1.54) is 18.2 Å². The number of esters is 1. The van der Waals surface area contributed by atoms with Crippen LogP contribution in [-0.4, -0.2) is 29.4 Å². The third-order valence-corrected chi connectivity index (χ3v) is 5.84. The molecule has 0 amide bonds. The molecule has 0 aliphatic rings. The van der Waals surface area contributed by atoms with Crippen molar-refractivity contribution in [3.8, 4) is 23.4 Å². The fourth-order valence-electron chi connectivity index (χ4n) is 2.94. The standard InChI is InChI=1S/C25H22F3N3O4S/c1-2-33-25(32)17(30)10-11-36-22-20(26)23(28)31-24(21(22)27)35-19-12-16(13-29)8-9-18(19)34-14-15-6-4-3-5-7-15/h3-9,12,17H,2,10-11,14,30H2,1H3. The molecule has 36 heavy (non-hydrogen) atoms. The highest BCUT2D eigenvalue weighted by atomic mass is 32.2. The van der Waals surface area contributed by atoms with Crippen LogP contribution in [0, 0.1) is 28.9 Å². The normalized spacial score (nSPS) is 11.4. The van der Waals surface area contributed by atoms with E-state index in [1.807, 2.05) is 36.4 Å². The SMILES string of the molecule is CCOC(=O)C(N)CCSc1c(F)c(F)nc(Oc2cc(C#N)ccc2OCc2ccccc2)c1F. The Morgan fingerprint density at radius 1 is 1.14 bits per heavy atom. The zero-order valence-electron chi connectivity index (χ0n) is 19.2. The van der Waals surface area contributed by atoms with Crippen molar-refractivity contribution in [1.82, 2.24) is 4.98 Å². The van der Waals surface area contributed by atoms with E-state index < -0.39 is 40.4 Å². The van der Waals surface area contributed by atoms with Crippen molar-refractivity contribution in [1.29, 1.82) is 5.26 Å². The van der Waals surface area contributed by atoms with E-state index in [1.54, 1.807) is 6.92 Å². The van der Waals surface area contributed by atoms with Gasteiger partial charge >= 0.3 is 5.97 Å². The minimum Gasteiger partial charge on any atom is -0.485 e. The lowest BCUT2D eigenvalue weighted by molar-refractivity contribution is -0.144. The smallest absolute Gasteiger partial charge is 0.322 e. The van der Waals surface area contributed by atoms with Crippen LogP contribution in [0.15, 0.2) is 53.4 Å². The number of rotatable bonds is 11. The molecule has 1 aromatic heterocycles. The molecule has 188 valence electrons. The summed E-state index contributed by atoms with van der Waals surface area (Å²) in [6.45, 7) is 1.90. The Balaban J connectivity index is 1.82. The molecular formula is C25H22F3N3O4S. The largest absolute Gasteiger partial charge is 0.485 e. The molecule has 0 aliphatic carbocycles. The molecule has 0 saturated carbocycles. The fourth-order valence-corrected chi connectivity index (χ4v) is 3.94. The molecule has 2 N–H and O–H groups in total. The van der Waals surface area contributed by atoms with Crippen LogP contribution < -0.4 is 15.2 Å². The fraction of sp³-hybridized carbons (Fsp3) is 0.240. The van der Waals surface area contributed by atoms with E-state index >= 15 is 4.39 Å². The van der Waals surface area contributed by atoms with Gasteiger partial charge in [-0.15, -0.1) is 11.8 Å². The number of hydrogen-bond acceptors (Lipinski definition) is 8. The number of carbonyl (C=O) groups excluding carboxylic acids is 1. The van der Waals surface area contributed by atoms with Crippen LogP contribution in [0.5, 0.6) is 17.4 Å². The minimum absolute atomic E-state index is 0.00787. The van der Waals surface area contributed by atoms with Crippen LogP contribution in [-0.2, 0) is 16.1 Å². The Labute approximate surface area is 210 Å². The monoisotopic (exact) mass is 517 g/mol. The second-order valence-electron chi connectivity index (χ2n) is 7.31. The lowest BCUT2D eigenvalue weighted by Crippen LogP contribution is -2.32. The first-order chi connectivity index (χ1) is 17.3. The van der Waals surface area contributed by atoms with Crippen molar-refractivity contribution < 1.29 is 32.2 Å². The molecule has 1 atom stereocenters. The molecule has 0 aliphatic heterocycles. The van der Waals surface area contributed by atoms with Crippen LogP contribution in [0.25, 0.3) is 0 Å². The zero-order chi connectivity index (χ0) is 26.1. The number of benzene rings is 2. The third-order valence-electron chi connectivity index (χ3n) is 4.75. The number of nitrogens with two attached hydrogens (primary N) is 1. The van der Waals surface area contributed by atoms with Gasteiger partial charge in [-0.25, -0.2) is 4.39 Å². The highest BCUT2D eigenvalue weighted by molar-refractivity contribution is 7.99. The molecule has 1 unspecified atom stereocenters. The first kappa shape index (κ1) is 26.8. The number of ether oxygens (including phenoxy) is 3. The maximum Gasteiger partial charge on any atom is 0.322 e. The van der Waals surface area contributed by atoms with Gasteiger partial charge in [-0.1, -0.05) is 30.3 Å². The van der Waals surface area contributed by atoms with Crippen LogP contribution in [0.2, 0.25) is 0 Å². The van der Waals surface area contributed by atoms with Crippen molar-refractivity contribution in [3.63, 3.8) is 0 Å². The highest BCUT2D eigenvalue weighted by Crippen LogP contribution is 2.37. The number of aromatic nitrogens is 1. The van der Waals surface area contributed by atoms with E-state index in [9.17, 15) is 18.8 Å². The lowest BCUT2D eigenvalue weighted by atomic mass is 10.2. The Morgan fingerprint density at radius 3 is 2.58 bits per heavy atom. The topological polar surface area (TPSA) is 107 Å². The number of carbonyl (C=O) groups is 1. The molecule has 1 heterocycles. The van der Waals surface area contributed by atoms with Gasteiger partial charge < -0.3 is 19.9 Å². The number of pyridine rings is 1. The summed E-state index contributed by atoms with van der Waals surface area (Å²) in [5.41, 5.74) is 6.70. The zero-order valence-corrected chi connectivity index (χ0v) is 20.0. The molecule has 3 rings (SSSR count). The van der Waals surface area contributed by atoms with Crippen LogP contribution in [0.3, 0.4) is 0 Å². The van der Waals surface area contributed by atoms with E-state index in [0.29, 0.717) is 11.8 Å². The van der Waals surface area contributed by atoms with Crippen LogP contribution in [0.1, 0.15) is 24.5 Å². The van der Waals surface area contributed by atoms with Gasteiger partial charge in [-0.05, 0) is 31.0 Å². The first-order valence-electron chi connectivity index (χ1n) is 10.8. The number of halogens is 3. The Kier molecular flexibility index (Phi) is 9.55. The summed E-state index contributed by atoms with van der Waals surface area (Å²) in [6, 6.07) is 14.3. The molecule has 0 radical (unpaired) electrons. The second-order valence-corrected chi connectivity index (χ2v) is 8.42. The third kappa shape index (κ3) is 6.90. The van der Waals surface area contributed by atoms with Crippen LogP contribution >= 0.6 is 11.8 Å². The average molecular weight is 518 g/mol. The second kappa shape index (κ2) is 12.8. The van der Waals surface area contributed by atoms with E-state index in [-0.39, 0.29) is 42.4 Å². The molecule has 2 aromatic carbocycles. The predicted molar refractivity (Wildman–Crippen MR) is 126 cm³/mol. The Bertz CT molecular complexity index is 1260. The number of nitrogens with zero attached hydrogens (tertiary/aromatic N) is 2. The maximum atomic E-state index is 15.1. The molecule has 7 nitrogen and oxygen atoms in total. The quantitative estimate of drug-likeness (QED) is 0.212. The predicted octanol–water partition coefficient (Wildman–Crippen LogP) is 5.11. The summed E-state index contributed by atoms with van der Waals surface area (Å²) in [5.74, 6) is -5.80. The molecule has 0 bridgehead atoms. The van der Waals surface area contributed by atoms with E-state index in [4.69, 9.17) is 19.9 Å². The van der Waals surface area contributed by atoms with Gasteiger partial charge in [0, 0.05) is 11.8 Å². The van der Waals surface area contributed by atoms with Crippen molar-refractivity contribution in [2.24, 2.45) is 5.73 Å². The minimum atomic E-state index is -1.58. The summed E-state index contributed by atoms with van der Waals surface area (Å²) in [6.07, 6.45) is 0.0319. The Morgan fingerprint density at radius 2 is 1.89 bits per heavy atom. The van der Waals surface area contributed by atoms with Gasteiger partial charge in [-0.3, -0.25) is 4.79 Å². The summed E-state index contributed by atoms with van der Waals surface area (Å²) in [5, 5.41) is 9.23. The molecule has 11 heteroatoms. The molecule has 3 aromatic rings. The van der Waals surface area contributed by atoms with Crippen LogP contribution in [0.4, 0.5) is 13.2 Å². The maximum absolute atomic E-state index is 15.1. The van der Waals surface area contributed by atoms with Crippen molar-refractivity contribution in [2.75, 3.05) is 12.4 Å². The summed E-state index contributed by atoms with van der Waals surface area (Å²) < 4.78 is 59.7. The van der Waals surface area contributed by atoms with Gasteiger partial charge in [0.1, 0.15) is 12.6 Å². The van der Waals surface area contributed by atoms with E-state index in [0.717, 1.165) is 5.56 Å². The molecular weight excluding hydrogens is 495 g/mol. The van der Waals surface area contributed by atoms with Crippen molar-refractivity contribution in [3.05, 3.63) is 77.2 Å².